The molecule has 9 N–H and O–H groups in total. The van der Waals surface area contributed by atoms with Crippen molar-refractivity contribution in [3.63, 3.8) is 0 Å². The molecule has 0 aliphatic rings. The van der Waals surface area contributed by atoms with Crippen molar-refractivity contribution >= 4 is 17.7 Å². The Labute approximate surface area is 214 Å². The van der Waals surface area contributed by atoms with E-state index in [1.165, 1.54) is 43.3 Å². The SMILES string of the molecule is C[C@@H](O)[C@H](NC(=O)c1cccc(O)c1O)C(=O)NCCCCNCCCNC(=O)c1cccc(O)c1O. The first-order chi connectivity index (χ1) is 17.6. The van der Waals surface area contributed by atoms with Gasteiger partial charge in [0.15, 0.2) is 23.0 Å². The summed E-state index contributed by atoms with van der Waals surface area (Å²) in [6.07, 6.45) is 0.835. The fourth-order valence-electron chi connectivity index (χ4n) is 3.39. The number of hydrogen-bond acceptors (Lipinski definition) is 9. The van der Waals surface area contributed by atoms with Gasteiger partial charge in [-0.2, -0.15) is 0 Å². The predicted molar refractivity (Wildman–Crippen MR) is 135 cm³/mol. The molecule has 12 nitrogen and oxygen atoms in total. The highest BCUT2D eigenvalue weighted by Crippen LogP contribution is 2.28. The van der Waals surface area contributed by atoms with Gasteiger partial charge in [-0.25, -0.2) is 0 Å². The standard InChI is InChI=1S/C25H34N4O8/c1-15(30)20(29-24(36)17-8-5-10-19(32)22(17)34)25(37)28-13-3-2-11-26-12-6-14-27-23(35)16-7-4-9-18(31)21(16)33/h4-5,7-10,15,20,26,30-34H,2-3,6,11-14H2,1H3,(H,27,35)(H,28,37)(H,29,36)/t15-,20+/m1/s1. The van der Waals surface area contributed by atoms with Crippen LogP contribution < -0.4 is 21.3 Å². The molecule has 2 aromatic rings. The number of phenolic OH excluding ortho intramolecular Hbond substituents is 4. The van der Waals surface area contributed by atoms with Crippen LogP contribution in [0.1, 0.15) is 46.9 Å². The average molecular weight is 519 g/mol. The molecular weight excluding hydrogens is 484 g/mol. The average Bonchev–Trinajstić information content (AvgIpc) is 2.86. The zero-order chi connectivity index (χ0) is 27.4. The second-order valence-corrected chi connectivity index (χ2v) is 8.40. The van der Waals surface area contributed by atoms with E-state index in [-0.39, 0.29) is 16.9 Å². The molecule has 0 bridgehead atoms. The van der Waals surface area contributed by atoms with Crippen LogP contribution in [0.25, 0.3) is 0 Å². The number of aromatic hydroxyl groups is 4. The lowest BCUT2D eigenvalue weighted by Gasteiger charge is -2.21. The van der Waals surface area contributed by atoms with E-state index in [2.05, 4.69) is 21.3 Å². The van der Waals surface area contributed by atoms with Crippen LogP contribution in [0.15, 0.2) is 36.4 Å². The molecule has 37 heavy (non-hydrogen) atoms. The minimum absolute atomic E-state index is 0.00455. The molecule has 202 valence electrons. The Morgan fingerprint density at radius 3 is 1.84 bits per heavy atom. The molecule has 2 rings (SSSR count). The molecule has 2 atom stereocenters. The molecule has 0 aromatic heterocycles. The summed E-state index contributed by atoms with van der Waals surface area (Å²) in [7, 11) is 0. The van der Waals surface area contributed by atoms with Crippen LogP contribution >= 0.6 is 0 Å². The van der Waals surface area contributed by atoms with Crippen LogP contribution in [0, 0.1) is 0 Å². The molecule has 0 saturated carbocycles. The van der Waals surface area contributed by atoms with Gasteiger partial charge in [0.1, 0.15) is 6.04 Å². The summed E-state index contributed by atoms with van der Waals surface area (Å²) in [6.45, 7) is 3.36. The molecule has 3 amide bonds. The van der Waals surface area contributed by atoms with Crippen molar-refractivity contribution in [3.8, 4) is 23.0 Å². The van der Waals surface area contributed by atoms with Crippen LogP contribution in [0.4, 0.5) is 0 Å². The van der Waals surface area contributed by atoms with E-state index >= 15 is 0 Å². The van der Waals surface area contributed by atoms with Gasteiger partial charge in [-0.1, -0.05) is 12.1 Å². The second kappa shape index (κ2) is 14.5. The van der Waals surface area contributed by atoms with E-state index in [9.17, 15) is 39.9 Å². The minimum Gasteiger partial charge on any atom is -0.504 e. The maximum atomic E-state index is 12.4. The van der Waals surface area contributed by atoms with Crippen molar-refractivity contribution < 1.29 is 39.9 Å². The van der Waals surface area contributed by atoms with Crippen molar-refractivity contribution in [2.45, 2.75) is 38.3 Å². The summed E-state index contributed by atoms with van der Waals surface area (Å²) < 4.78 is 0. The summed E-state index contributed by atoms with van der Waals surface area (Å²) in [4.78, 5) is 36.8. The number of rotatable bonds is 14. The van der Waals surface area contributed by atoms with Crippen LogP contribution in [-0.4, -0.2) is 81.6 Å². The molecule has 0 aliphatic carbocycles. The first kappa shape index (κ1) is 29.2. The van der Waals surface area contributed by atoms with Crippen molar-refractivity contribution in [3.05, 3.63) is 47.5 Å². The van der Waals surface area contributed by atoms with E-state index in [4.69, 9.17) is 0 Å². The van der Waals surface area contributed by atoms with Gasteiger partial charge in [-0.05, 0) is 63.5 Å². The summed E-state index contributed by atoms with van der Waals surface area (Å²) in [5.74, 6) is -3.77. The number of aliphatic hydroxyl groups excluding tert-OH is 1. The van der Waals surface area contributed by atoms with E-state index in [0.29, 0.717) is 39.0 Å². The zero-order valence-corrected chi connectivity index (χ0v) is 20.5. The summed E-state index contributed by atoms with van der Waals surface area (Å²) in [5, 5.41) is 59.3. The third-order valence-electron chi connectivity index (χ3n) is 5.47. The Kier molecular flexibility index (Phi) is 11.5. The molecule has 0 fully saturated rings. The van der Waals surface area contributed by atoms with Gasteiger partial charge in [-0.15, -0.1) is 0 Å². The quantitative estimate of drug-likeness (QED) is 0.125. The second-order valence-electron chi connectivity index (χ2n) is 8.40. The van der Waals surface area contributed by atoms with Crippen LogP contribution in [-0.2, 0) is 4.79 Å². The Morgan fingerprint density at radius 1 is 0.730 bits per heavy atom. The topological polar surface area (TPSA) is 200 Å². The van der Waals surface area contributed by atoms with Gasteiger partial charge < -0.3 is 46.8 Å². The van der Waals surface area contributed by atoms with Crippen molar-refractivity contribution in [1.82, 2.24) is 21.3 Å². The highest BCUT2D eigenvalue weighted by atomic mass is 16.3. The molecule has 2 aromatic carbocycles. The Bertz CT molecular complexity index is 1080. The van der Waals surface area contributed by atoms with Crippen molar-refractivity contribution in [2.24, 2.45) is 0 Å². The lowest BCUT2D eigenvalue weighted by Crippen LogP contribution is -2.52. The highest BCUT2D eigenvalue weighted by Gasteiger charge is 2.27. The number of carbonyl (C=O) groups excluding carboxylic acids is 3. The van der Waals surface area contributed by atoms with Crippen molar-refractivity contribution in [1.29, 1.82) is 0 Å². The third kappa shape index (κ3) is 8.85. The number of phenols is 4. The number of aliphatic hydroxyl groups is 1. The Balaban J connectivity index is 1.60. The molecule has 0 unspecified atom stereocenters. The number of benzene rings is 2. The van der Waals surface area contributed by atoms with Crippen molar-refractivity contribution in [2.75, 3.05) is 26.2 Å². The highest BCUT2D eigenvalue weighted by molar-refractivity contribution is 6.00. The fraction of sp³-hybridized carbons (Fsp3) is 0.400. The molecule has 0 aliphatic heterocycles. The van der Waals surface area contributed by atoms with E-state index in [1.54, 1.807) is 0 Å². The van der Waals surface area contributed by atoms with E-state index in [0.717, 1.165) is 6.42 Å². The van der Waals surface area contributed by atoms with E-state index < -0.39 is 47.1 Å². The van der Waals surface area contributed by atoms with Gasteiger partial charge in [0.2, 0.25) is 5.91 Å². The minimum atomic E-state index is -1.25. The summed E-state index contributed by atoms with van der Waals surface area (Å²) in [6, 6.07) is 6.79. The number of unbranched alkanes of at least 4 members (excludes halogenated alkanes) is 1. The van der Waals surface area contributed by atoms with Crippen LogP contribution in [0.2, 0.25) is 0 Å². The summed E-state index contributed by atoms with van der Waals surface area (Å²) in [5.41, 5.74) is -0.216. The van der Waals surface area contributed by atoms with Gasteiger partial charge in [0, 0.05) is 13.1 Å². The van der Waals surface area contributed by atoms with Gasteiger partial charge in [0.05, 0.1) is 17.2 Å². The lowest BCUT2D eigenvalue weighted by atomic mass is 10.1. The first-order valence-corrected chi connectivity index (χ1v) is 11.9. The number of para-hydroxylation sites is 2. The Hall–Kier alpha value is -4.03. The van der Waals surface area contributed by atoms with Gasteiger partial charge in [0.25, 0.3) is 11.8 Å². The number of hydrogen-bond donors (Lipinski definition) is 9. The van der Waals surface area contributed by atoms with E-state index in [1.807, 2.05) is 0 Å². The third-order valence-corrected chi connectivity index (χ3v) is 5.47. The molecule has 0 saturated heterocycles. The normalized spacial score (nSPS) is 12.4. The van der Waals surface area contributed by atoms with Gasteiger partial charge in [-0.3, -0.25) is 14.4 Å². The maximum Gasteiger partial charge on any atom is 0.255 e. The van der Waals surface area contributed by atoms with Crippen LogP contribution in [0.5, 0.6) is 23.0 Å². The predicted octanol–water partition coefficient (Wildman–Crippen LogP) is 0.294. The fourth-order valence-corrected chi connectivity index (χ4v) is 3.39. The number of nitrogens with one attached hydrogen (secondary N) is 4. The zero-order valence-electron chi connectivity index (χ0n) is 20.5. The number of amides is 3. The summed E-state index contributed by atoms with van der Waals surface area (Å²) >= 11 is 0. The Morgan fingerprint density at radius 2 is 1.24 bits per heavy atom. The molecular formula is C25H34N4O8. The molecule has 12 heteroatoms. The maximum absolute atomic E-state index is 12.4. The lowest BCUT2D eigenvalue weighted by molar-refractivity contribution is -0.125. The number of carbonyl (C=O) groups is 3. The smallest absolute Gasteiger partial charge is 0.255 e. The molecule has 0 radical (unpaired) electrons. The molecule has 0 spiro atoms. The first-order valence-electron chi connectivity index (χ1n) is 11.9. The molecule has 0 heterocycles. The largest absolute Gasteiger partial charge is 0.504 e. The van der Waals surface area contributed by atoms with Gasteiger partial charge >= 0.3 is 0 Å². The monoisotopic (exact) mass is 518 g/mol. The van der Waals surface area contributed by atoms with Crippen LogP contribution in [0.3, 0.4) is 0 Å².